The van der Waals surface area contributed by atoms with Gasteiger partial charge in [-0.25, -0.2) is 0 Å². The van der Waals surface area contributed by atoms with Crippen LogP contribution < -0.4 is 0 Å². The van der Waals surface area contributed by atoms with Crippen molar-refractivity contribution >= 4 is 33.8 Å². The van der Waals surface area contributed by atoms with Crippen LogP contribution in [0.25, 0.3) is 22.2 Å². The van der Waals surface area contributed by atoms with Crippen molar-refractivity contribution in [2.75, 3.05) is 7.05 Å². The van der Waals surface area contributed by atoms with Gasteiger partial charge in [0.15, 0.2) is 0 Å². The summed E-state index contributed by atoms with van der Waals surface area (Å²) in [5, 5.41) is 2.23. The summed E-state index contributed by atoms with van der Waals surface area (Å²) in [5.41, 5.74) is 9.65. The number of aryl methyl sites for hydroxylation is 1. The quantitative estimate of drug-likeness (QED) is 0.472. The molecule has 0 N–H and O–H groups in total. The SMILES string of the molecule is C/C(=C(/C)n1c2c(c3cc(C)ccc31)C1CCC(C2)N1C)c1ccc(Cl)cc1. The van der Waals surface area contributed by atoms with Crippen LogP contribution in [-0.2, 0) is 6.42 Å². The summed E-state index contributed by atoms with van der Waals surface area (Å²) in [6.07, 6.45) is 3.73. The van der Waals surface area contributed by atoms with Crippen LogP contribution >= 0.6 is 11.6 Å². The van der Waals surface area contributed by atoms with Gasteiger partial charge in [-0.2, -0.15) is 0 Å². The highest BCUT2D eigenvalue weighted by Gasteiger charge is 2.41. The average molecular weight is 391 g/mol. The minimum atomic E-state index is 0.558. The fourth-order valence-corrected chi connectivity index (χ4v) is 5.47. The van der Waals surface area contributed by atoms with Crippen LogP contribution in [0.2, 0.25) is 5.02 Å². The summed E-state index contributed by atoms with van der Waals surface area (Å²) in [6.45, 7) is 6.70. The van der Waals surface area contributed by atoms with E-state index in [-0.39, 0.29) is 0 Å². The van der Waals surface area contributed by atoms with Crippen LogP contribution in [-0.4, -0.2) is 22.6 Å². The molecule has 2 aromatic carbocycles. The maximum Gasteiger partial charge on any atom is 0.0531 e. The predicted molar refractivity (Wildman–Crippen MR) is 120 cm³/mol. The van der Waals surface area contributed by atoms with E-state index in [1.54, 1.807) is 5.56 Å². The lowest BCUT2D eigenvalue weighted by molar-refractivity contribution is 0.223. The van der Waals surface area contributed by atoms with Gasteiger partial charge in [0.25, 0.3) is 0 Å². The van der Waals surface area contributed by atoms with Crippen molar-refractivity contribution in [2.24, 2.45) is 0 Å². The van der Waals surface area contributed by atoms with E-state index in [1.165, 1.54) is 51.8 Å². The minimum absolute atomic E-state index is 0.558. The Bertz CT molecular complexity index is 1100. The number of hydrogen-bond acceptors (Lipinski definition) is 1. The largest absolute Gasteiger partial charge is 0.317 e. The summed E-state index contributed by atoms with van der Waals surface area (Å²) in [6, 6.07) is 16.4. The number of benzene rings is 2. The van der Waals surface area contributed by atoms with E-state index >= 15 is 0 Å². The summed E-state index contributed by atoms with van der Waals surface area (Å²) < 4.78 is 2.55. The molecule has 2 atom stereocenters. The molecule has 0 amide bonds. The molecule has 0 radical (unpaired) electrons. The number of allylic oxidation sites excluding steroid dienone is 2. The molecule has 2 unspecified atom stereocenters. The van der Waals surface area contributed by atoms with E-state index in [4.69, 9.17) is 11.6 Å². The zero-order chi connectivity index (χ0) is 19.6. The van der Waals surface area contributed by atoms with E-state index < -0.39 is 0 Å². The molecule has 2 aliphatic rings. The first kappa shape index (κ1) is 18.0. The van der Waals surface area contributed by atoms with Crippen molar-refractivity contribution in [3.63, 3.8) is 0 Å². The summed E-state index contributed by atoms with van der Waals surface area (Å²) in [5.74, 6) is 0. The fraction of sp³-hybridized carbons (Fsp3) is 0.360. The Morgan fingerprint density at radius 1 is 1.04 bits per heavy atom. The molecule has 1 saturated heterocycles. The topological polar surface area (TPSA) is 8.17 Å². The van der Waals surface area contributed by atoms with Crippen LogP contribution in [0.5, 0.6) is 0 Å². The third-order valence-corrected chi connectivity index (χ3v) is 7.27. The smallest absolute Gasteiger partial charge is 0.0531 e. The Labute approximate surface area is 172 Å². The Balaban J connectivity index is 1.78. The highest BCUT2D eigenvalue weighted by Crippen LogP contribution is 2.48. The molecule has 144 valence electrons. The van der Waals surface area contributed by atoms with Gasteiger partial charge in [-0.05, 0) is 81.6 Å². The fourth-order valence-electron chi connectivity index (χ4n) is 5.34. The van der Waals surface area contributed by atoms with Gasteiger partial charge < -0.3 is 4.57 Å². The third kappa shape index (κ3) is 2.58. The molecule has 2 aliphatic heterocycles. The van der Waals surface area contributed by atoms with Gasteiger partial charge >= 0.3 is 0 Å². The third-order valence-electron chi connectivity index (χ3n) is 7.02. The van der Waals surface area contributed by atoms with E-state index in [0.29, 0.717) is 12.1 Å². The Kier molecular flexibility index (Phi) is 4.19. The lowest BCUT2D eigenvalue weighted by atomic mass is 9.97. The van der Waals surface area contributed by atoms with E-state index in [1.807, 2.05) is 12.1 Å². The molecule has 1 aromatic heterocycles. The zero-order valence-corrected chi connectivity index (χ0v) is 17.8. The molecule has 0 spiro atoms. The molecule has 1 fully saturated rings. The number of aromatic nitrogens is 1. The van der Waals surface area contributed by atoms with Crippen molar-refractivity contribution in [3.05, 3.63) is 69.9 Å². The normalized spacial score (nSPS) is 22.5. The lowest BCUT2D eigenvalue weighted by Gasteiger charge is -2.32. The molecular formula is C25H27ClN2. The van der Waals surface area contributed by atoms with Gasteiger partial charge in [-0.1, -0.05) is 35.4 Å². The molecule has 28 heavy (non-hydrogen) atoms. The van der Waals surface area contributed by atoms with Crippen LogP contribution in [0.15, 0.2) is 42.5 Å². The van der Waals surface area contributed by atoms with Crippen molar-refractivity contribution in [1.82, 2.24) is 9.47 Å². The average Bonchev–Trinajstić information content (AvgIpc) is 3.11. The number of rotatable bonds is 2. The van der Waals surface area contributed by atoms with Crippen LogP contribution in [0.4, 0.5) is 0 Å². The summed E-state index contributed by atoms with van der Waals surface area (Å²) >= 11 is 6.11. The van der Waals surface area contributed by atoms with Gasteiger partial charge in [0, 0.05) is 40.3 Å². The first-order valence-corrected chi connectivity index (χ1v) is 10.6. The van der Waals surface area contributed by atoms with Crippen LogP contribution in [0.1, 0.15) is 55.1 Å². The Morgan fingerprint density at radius 3 is 2.54 bits per heavy atom. The second-order valence-corrected chi connectivity index (χ2v) is 8.99. The van der Waals surface area contributed by atoms with Crippen molar-refractivity contribution in [3.8, 4) is 0 Å². The highest BCUT2D eigenvalue weighted by molar-refractivity contribution is 6.30. The molecule has 2 bridgehead atoms. The zero-order valence-electron chi connectivity index (χ0n) is 17.1. The summed E-state index contributed by atoms with van der Waals surface area (Å²) in [7, 11) is 2.31. The predicted octanol–water partition coefficient (Wildman–Crippen LogP) is 6.70. The molecule has 3 heteroatoms. The maximum absolute atomic E-state index is 6.11. The Morgan fingerprint density at radius 2 is 1.79 bits per heavy atom. The number of hydrogen-bond donors (Lipinski definition) is 0. The monoisotopic (exact) mass is 390 g/mol. The first-order valence-electron chi connectivity index (χ1n) is 10.2. The molecule has 5 rings (SSSR count). The summed E-state index contributed by atoms with van der Waals surface area (Å²) in [4.78, 5) is 2.61. The maximum atomic E-state index is 6.11. The van der Waals surface area contributed by atoms with Gasteiger partial charge in [-0.3, -0.25) is 4.90 Å². The molecule has 0 aliphatic carbocycles. The molecule has 0 saturated carbocycles. The highest BCUT2D eigenvalue weighted by atomic mass is 35.5. The number of fused-ring (bicyclic) bond motifs is 6. The second-order valence-electron chi connectivity index (χ2n) is 8.55. The molecule has 3 aromatic rings. The van der Waals surface area contributed by atoms with Crippen molar-refractivity contribution in [1.29, 1.82) is 0 Å². The van der Waals surface area contributed by atoms with Gasteiger partial charge in [-0.15, -0.1) is 0 Å². The van der Waals surface area contributed by atoms with E-state index in [2.05, 4.69) is 67.6 Å². The first-order chi connectivity index (χ1) is 13.5. The molecular weight excluding hydrogens is 364 g/mol. The number of halogens is 1. The molecule has 3 heterocycles. The van der Waals surface area contributed by atoms with Crippen molar-refractivity contribution in [2.45, 2.75) is 52.1 Å². The minimum Gasteiger partial charge on any atom is -0.317 e. The van der Waals surface area contributed by atoms with E-state index in [9.17, 15) is 0 Å². The van der Waals surface area contributed by atoms with Gasteiger partial charge in [0.2, 0.25) is 0 Å². The molecule has 2 nitrogen and oxygen atoms in total. The second kappa shape index (κ2) is 6.50. The number of likely N-dealkylation sites (N-methyl/N-ethyl adjacent to an activating group) is 1. The van der Waals surface area contributed by atoms with E-state index in [0.717, 1.165) is 11.4 Å². The van der Waals surface area contributed by atoms with Gasteiger partial charge in [0.1, 0.15) is 0 Å². The van der Waals surface area contributed by atoms with Gasteiger partial charge in [0.05, 0.1) is 5.52 Å². The van der Waals surface area contributed by atoms with Crippen LogP contribution in [0, 0.1) is 6.92 Å². The van der Waals surface area contributed by atoms with Crippen molar-refractivity contribution < 1.29 is 0 Å². The number of nitrogens with zero attached hydrogens (tertiary/aromatic N) is 2. The van der Waals surface area contributed by atoms with Crippen LogP contribution in [0.3, 0.4) is 0 Å². The standard InChI is InChI=1S/C25H27ClN2/c1-15-5-11-22-21(13-15)25-23-12-10-20(27(23)4)14-24(25)28(22)17(3)16(2)18-6-8-19(26)9-7-18/h5-9,11,13,20,23H,10,12,14H2,1-4H3/b17-16+. The lowest BCUT2D eigenvalue weighted by Crippen LogP contribution is -2.34. The Hall–Kier alpha value is -2.03.